The molecule has 1 heterocycles. The van der Waals surface area contributed by atoms with E-state index in [0.29, 0.717) is 11.1 Å². The highest BCUT2D eigenvalue weighted by atomic mass is 32.2. The van der Waals surface area contributed by atoms with Crippen molar-refractivity contribution in [2.24, 2.45) is 5.73 Å². The molecule has 3 aromatic carbocycles. The Balaban J connectivity index is 1.76. The second-order valence-corrected chi connectivity index (χ2v) is 9.47. The van der Waals surface area contributed by atoms with Crippen molar-refractivity contribution in [1.82, 2.24) is 4.98 Å². The van der Waals surface area contributed by atoms with E-state index in [-0.39, 0.29) is 15.8 Å². The topological polar surface area (TPSA) is 85.2 Å². The van der Waals surface area contributed by atoms with Gasteiger partial charge in [0.25, 0.3) is 0 Å². The number of hydrogen-bond acceptors (Lipinski definition) is 4. The average Bonchev–Trinajstić information content (AvgIpc) is 3.15. The van der Waals surface area contributed by atoms with Gasteiger partial charge >= 0.3 is 0 Å². The molecule has 6 heteroatoms. The zero-order valence-electron chi connectivity index (χ0n) is 17.1. The molecule has 154 valence electrons. The van der Waals surface area contributed by atoms with Gasteiger partial charge in [0.2, 0.25) is 9.84 Å². The first kappa shape index (κ1) is 20.2. The molecule has 4 rings (SSSR count). The summed E-state index contributed by atoms with van der Waals surface area (Å²) in [6.07, 6.45) is 1.53. The summed E-state index contributed by atoms with van der Waals surface area (Å²) in [7, 11) is -3.64. The third-order valence-electron chi connectivity index (χ3n) is 5.19. The van der Waals surface area contributed by atoms with Gasteiger partial charge in [0, 0.05) is 23.1 Å². The molecule has 0 fully saturated rings. The molecular formula is C24H24N2O3S. The zero-order valence-corrected chi connectivity index (χ0v) is 18.0. The number of ether oxygens (including phenoxy) is 1. The van der Waals surface area contributed by atoms with Crippen LogP contribution in [0.15, 0.2) is 76.7 Å². The van der Waals surface area contributed by atoms with E-state index in [4.69, 9.17) is 10.5 Å². The number of fused-ring (bicyclic) bond motifs is 1. The van der Waals surface area contributed by atoms with Crippen LogP contribution >= 0.6 is 0 Å². The van der Waals surface area contributed by atoms with E-state index in [9.17, 15) is 8.42 Å². The number of sulfone groups is 1. The van der Waals surface area contributed by atoms with Gasteiger partial charge in [-0.1, -0.05) is 30.3 Å². The lowest BCUT2D eigenvalue weighted by Gasteiger charge is -2.15. The van der Waals surface area contributed by atoms with Crippen molar-refractivity contribution in [2.45, 2.75) is 36.6 Å². The number of nitrogens with two attached hydrogens (primary N) is 1. The molecule has 0 radical (unpaired) electrons. The predicted molar refractivity (Wildman–Crippen MR) is 119 cm³/mol. The molecule has 3 N–H and O–H groups in total. The van der Waals surface area contributed by atoms with Crippen LogP contribution in [0, 0.1) is 13.8 Å². The van der Waals surface area contributed by atoms with Crippen molar-refractivity contribution < 1.29 is 13.2 Å². The maximum Gasteiger partial charge on any atom is 0.208 e. The number of nitrogens with one attached hydrogen (secondary N) is 1. The predicted octanol–water partition coefficient (Wildman–Crippen LogP) is 5.43. The third-order valence-corrected chi connectivity index (χ3v) is 7.00. The molecule has 0 spiro atoms. The second-order valence-electron chi connectivity index (χ2n) is 7.55. The number of aryl methyl sites for hydroxylation is 2. The zero-order chi connectivity index (χ0) is 21.5. The Hall–Kier alpha value is -3.09. The summed E-state index contributed by atoms with van der Waals surface area (Å²) in [6, 6.07) is 17.8. The van der Waals surface area contributed by atoms with Crippen LogP contribution in [0.4, 0.5) is 0 Å². The lowest BCUT2D eigenvalue weighted by Crippen LogP contribution is -2.06. The number of aromatic amines is 1. The fourth-order valence-electron chi connectivity index (χ4n) is 3.61. The van der Waals surface area contributed by atoms with Crippen molar-refractivity contribution in [3.8, 4) is 11.5 Å². The molecule has 0 aliphatic heterocycles. The smallest absolute Gasteiger partial charge is 0.208 e. The first-order valence-corrected chi connectivity index (χ1v) is 11.2. The number of benzene rings is 3. The Bertz CT molecular complexity index is 1300. The molecule has 30 heavy (non-hydrogen) atoms. The fraction of sp³-hybridized carbons (Fsp3) is 0.167. The molecule has 1 aromatic heterocycles. The summed E-state index contributed by atoms with van der Waals surface area (Å²) >= 11 is 0. The normalized spacial score (nSPS) is 12.8. The largest absolute Gasteiger partial charge is 0.457 e. The number of hydrogen-bond donors (Lipinski definition) is 2. The van der Waals surface area contributed by atoms with Crippen LogP contribution < -0.4 is 10.5 Å². The van der Waals surface area contributed by atoms with Crippen LogP contribution in [0.1, 0.15) is 29.7 Å². The lowest BCUT2D eigenvalue weighted by molar-refractivity contribution is 0.475. The number of aromatic nitrogens is 1. The Kier molecular flexibility index (Phi) is 5.13. The molecule has 1 atom stereocenters. The van der Waals surface area contributed by atoms with Crippen LogP contribution in [-0.2, 0) is 9.84 Å². The Morgan fingerprint density at radius 1 is 0.967 bits per heavy atom. The number of rotatable bonds is 5. The highest BCUT2D eigenvalue weighted by molar-refractivity contribution is 7.91. The molecular weight excluding hydrogens is 396 g/mol. The molecule has 0 aliphatic carbocycles. The van der Waals surface area contributed by atoms with Crippen LogP contribution in [0.2, 0.25) is 0 Å². The molecule has 0 aliphatic rings. The summed E-state index contributed by atoms with van der Waals surface area (Å²) in [5.74, 6) is 1.33. The van der Waals surface area contributed by atoms with Crippen molar-refractivity contribution >= 4 is 20.7 Å². The highest BCUT2D eigenvalue weighted by Crippen LogP contribution is 2.35. The van der Waals surface area contributed by atoms with Gasteiger partial charge in [0.1, 0.15) is 11.5 Å². The molecule has 0 bridgehead atoms. The Labute approximate surface area is 176 Å². The van der Waals surface area contributed by atoms with Crippen LogP contribution in [0.25, 0.3) is 10.9 Å². The summed E-state index contributed by atoms with van der Waals surface area (Å²) in [4.78, 5) is 3.54. The molecule has 0 saturated carbocycles. The van der Waals surface area contributed by atoms with Gasteiger partial charge < -0.3 is 15.5 Å². The molecule has 0 unspecified atom stereocenters. The lowest BCUT2D eigenvalue weighted by atomic mass is 10.0. The van der Waals surface area contributed by atoms with Gasteiger partial charge in [0.15, 0.2) is 0 Å². The Morgan fingerprint density at radius 3 is 2.27 bits per heavy atom. The minimum atomic E-state index is -3.64. The van der Waals surface area contributed by atoms with E-state index in [0.717, 1.165) is 28.0 Å². The van der Waals surface area contributed by atoms with E-state index >= 15 is 0 Å². The van der Waals surface area contributed by atoms with E-state index < -0.39 is 9.84 Å². The molecule has 0 saturated heterocycles. The van der Waals surface area contributed by atoms with Crippen LogP contribution in [0.3, 0.4) is 0 Å². The van der Waals surface area contributed by atoms with E-state index in [1.165, 1.54) is 6.20 Å². The molecule has 0 amide bonds. The SMILES string of the molecule is Cc1cc([C@@H](C)N)cc(C)c1Oc1ccc2[nH]cc(S(=O)(=O)c3ccccc3)c2c1. The maximum absolute atomic E-state index is 13.1. The van der Waals surface area contributed by atoms with Crippen molar-refractivity contribution in [3.05, 3.63) is 83.6 Å². The van der Waals surface area contributed by atoms with E-state index in [1.807, 2.05) is 45.0 Å². The van der Waals surface area contributed by atoms with Crippen molar-refractivity contribution in [2.75, 3.05) is 0 Å². The fourth-order valence-corrected chi connectivity index (χ4v) is 5.05. The average molecular weight is 421 g/mol. The van der Waals surface area contributed by atoms with Crippen LogP contribution in [0.5, 0.6) is 11.5 Å². The standard InChI is InChI=1S/C24H24N2O3S/c1-15-11-18(17(3)25)12-16(2)24(15)29-19-9-10-22-21(13-19)23(14-26-22)30(27,28)20-7-5-4-6-8-20/h4-14,17,26H,25H2,1-3H3/t17-/m1/s1. The highest BCUT2D eigenvalue weighted by Gasteiger charge is 2.22. The molecule has 4 aromatic rings. The molecule has 5 nitrogen and oxygen atoms in total. The second kappa shape index (κ2) is 7.63. The minimum absolute atomic E-state index is 0.0570. The first-order chi connectivity index (χ1) is 14.3. The number of H-pyrrole nitrogens is 1. The van der Waals surface area contributed by atoms with Gasteiger partial charge in [-0.05, 0) is 67.8 Å². The van der Waals surface area contributed by atoms with Gasteiger partial charge in [-0.3, -0.25) is 0 Å². The summed E-state index contributed by atoms with van der Waals surface area (Å²) in [6.45, 7) is 5.91. The maximum atomic E-state index is 13.1. The third kappa shape index (κ3) is 3.60. The van der Waals surface area contributed by atoms with Gasteiger partial charge in [-0.15, -0.1) is 0 Å². The summed E-state index contributed by atoms with van der Waals surface area (Å²) in [5, 5.41) is 0.596. The van der Waals surface area contributed by atoms with Crippen molar-refractivity contribution in [3.63, 3.8) is 0 Å². The van der Waals surface area contributed by atoms with Crippen LogP contribution in [-0.4, -0.2) is 13.4 Å². The summed E-state index contributed by atoms with van der Waals surface area (Å²) < 4.78 is 32.4. The van der Waals surface area contributed by atoms with Crippen molar-refractivity contribution in [1.29, 1.82) is 0 Å². The Morgan fingerprint density at radius 2 is 1.63 bits per heavy atom. The van der Waals surface area contributed by atoms with Gasteiger partial charge in [-0.25, -0.2) is 8.42 Å². The quantitative estimate of drug-likeness (QED) is 0.451. The van der Waals surface area contributed by atoms with E-state index in [2.05, 4.69) is 4.98 Å². The van der Waals surface area contributed by atoms with Gasteiger partial charge in [-0.2, -0.15) is 0 Å². The minimum Gasteiger partial charge on any atom is -0.457 e. The van der Waals surface area contributed by atoms with E-state index in [1.54, 1.807) is 36.4 Å². The summed E-state index contributed by atoms with van der Waals surface area (Å²) in [5.41, 5.74) is 9.75. The first-order valence-electron chi connectivity index (χ1n) is 9.73. The monoisotopic (exact) mass is 420 g/mol. The van der Waals surface area contributed by atoms with Gasteiger partial charge in [0.05, 0.1) is 9.79 Å².